The first kappa shape index (κ1) is 11.5. The van der Waals surface area contributed by atoms with E-state index in [-0.39, 0.29) is 0 Å². The lowest BCUT2D eigenvalue weighted by molar-refractivity contribution is 0.323. The number of ether oxygens (including phenoxy) is 2. The molecule has 0 saturated carbocycles. The molecule has 78 valence electrons. The molecule has 0 saturated heterocycles. The molecule has 0 aliphatic heterocycles. The van der Waals surface area contributed by atoms with Gasteiger partial charge < -0.3 is 9.47 Å². The molecule has 0 aliphatic carbocycles. The second-order valence-electron chi connectivity index (χ2n) is 2.58. The van der Waals surface area contributed by atoms with Crippen LogP contribution in [0.15, 0.2) is 12.1 Å². The Balaban J connectivity index is 3.00. The van der Waals surface area contributed by atoms with Crippen molar-refractivity contribution < 1.29 is 9.47 Å². The number of halogens is 2. The summed E-state index contributed by atoms with van der Waals surface area (Å²) in [6, 6.07) is 3.33. The summed E-state index contributed by atoms with van der Waals surface area (Å²) in [5.41, 5.74) is 0. The summed E-state index contributed by atoms with van der Waals surface area (Å²) in [7, 11) is 0. The van der Waals surface area contributed by atoms with Crippen molar-refractivity contribution in [3.8, 4) is 11.5 Å². The molecule has 0 spiro atoms. The van der Waals surface area contributed by atoms with Crippen molar-refractivity contribution >= 4 is 23.2 Å². The lowest BCUT2D eigenvalue weighted by Gasteiger charge is -2.10. The van der Waals surface area contributed by atoms with E-state index in [9.17, 15) is 0 Å². The van der Waals surface area contributed by atoms with Gasteiger partial charge in [-0.05, 0) is 19.9 Å². The fourth-order valence-electron chi connectivity index (χ4n) is 1.04. The van der Waals surface area contributed by atoms with Gasteiger partial charge >= 0.3 is 0 Å². The Morgan fingerprint density at radius 2 is 1.36 bits per heavy atom. The maximum Gasteiger partial charge on any atom is 0.141 e. The van der Waals surface area contributed by atoms with Crippen LogP contribution in [-0.2, 0) is 0 Å². The molecule has 1 rings (SSSR count). The molecule has 0 radical (unpaired) electrons. The predicted molar refractivity (Wildman–Crippen MR) is 58.8 cm³/mol. The van der Waals surface area contributed by atoms with Gasteiger partial charge in [0.25, 0.3) is 0 Å². The van der Waals surface area contributed by atoms with Crippen LogP contribution in [0.4, 0.5) is 0 Å². The van der Waals surface area contributed by atoms with Gasteiger partial charge in [0.15, 0.2) is 0 Å². The average molecular weight is 235 g/mol. The van der Waals surface area contributed by atoms with Gasteiger partial charge in [0.1, 0.15) is 11.5 Å². The maximum absolute atomic E-state index is 5.92. The zero-order valence-corrected chi connectivity index (χ0v) is 9.65. The SMILES string of the molecule is CCOc1cc(OCC)c(Cl)cc1Cl. The van der Waals surface area contributed by atoms with Gasteiger partial charge in [-0.3, -0.25) is 0 Å². The summed E-state index contributed by atoms with van der Waals surface area (Å²) in [5.74, 6) is 1.20. The van der Waals surface area contributed by atoms with E-state index < -0.39 is 0 Å². The molecular formula is C10H12Cl2O2. The molecule has 0 heterocycles. The molecule has 0 amide bonds. The zero-order chi connectivity index (χ0) is 10.6. The molecule has 14 heavy (non-hydrogen) atoms. The number of hydrogen-bond acceptors (Lipinski definition) is 2. The van der Waals surface area contributed by atoms with Crippen molar-refractivity contribution in [1.29, 1.82) is 0 Å². The van der Waals surface area contributed by atoms with E-state index in [0.29, 0.717) is 34.8 Å². The average Bonchev–Trinajstić information content (AvgIpc) is 2.14. The first-order valence-electron chi connectivity index (χ1n) is 4.43. The Morgan fingerprint density at radius 3 is 1.71 bits per heavy atom. The minimum Gasteiger partial charge on any atom is -0.492 e. The second kappa shape index (κ2) is 5.32. The van der Waals surface area contributed by atoms with Crippen molar-refractivity contribution in [2.24, 2.45) is 0 Å². The van der Waals surface area contributed by atoms with Gasteiger partial charge in [-0.2, -0.15) is 0 Å². The normalized spacial score (nSPS) is 10.0. The Hall–Kier alpha value is -0.600. The first-order chi connectivity index (χ1) is 6.69. The van der Waals surface area contributed by atoms with Crippen LogP contribution in [0.2, 0.25) is 10.0 Å². The van der Waals surface area contributed by atoms with E-state index in [1.807, 2.05) is 13.8 Å². The van der Waals surface area contributed by atoms with Crippen LogP contribution in [-0.4, -0.2) is 13.2 Å². The van der Waals surface area contributed by atoms with Gasteiger partial charge in [-0.25, -0.2) is 0 Å². The minimum absolute atomic E-state index is 0.500. The van der Waals surface area contributed by atoms with Crippen molar-refractivity contribution in [3.05, 3.63) is 22.2 Å². The van der Waals surface area contributed by atoms with Gasteiger partial charge in [-0.1, -0.05) is 23.2 Å². The third kappa shape index (κ3) is 2.69. The summed E-state index contributed by atoms with van der Waals surface area (Å²) in [6.45, 7) is 4.91. The van der Waals surface area contributed by atoms with Gasteiger partial charge in [0.2, 0.25) is 0 Å². The molecule has 0 atom stereocenters. The number of rotatable bonds is 4. The van der Waals surface area contributed by atoms with E-state index in [2.05, 4.69) is 0 Å². The molecule has 0 fully saturated rings. The number of benzene rings is 1. The van der Waals surface area contributed by atoms with E-state index in [0.717, 1.165) is 0 Å². The molecule has 0 aromatic heterocycles. The van der Waals surface area contributed by atoms with Crippen LogP contribution in [0, 0.1) is 0 Å². The van der Waals surface area contributed by atoms with E-state index in [1.165, 1.54) is 0 Å². The molecule has 4 heteroatoms. The topological polar surface area (TPSA) is 18.5 Å². The molecule has 1 aromatic rings. The van der Waals surface area contributed by atoms with Crippen molar-refractivity contribution in [1.82, 2.24) is 0 Å². The first-order valence-corrected chi connectivity index (χ1v) is 5.19. The van der Waals surface area contributed by atoms with Crippen molar-refractivity contribution in [3.63, 3.8) is 0 Å². The van der Waals surface area contributed by atoms with E-state index >= 15 is 0 Å². The zero-order valence-electron chi connectivity index (χ0n) is 8.14. The van der Waals surface area contributed by atoms with Crippen LogP contribution < -0.4 is 9.47 Å². The Bertz CT molecular complexity index is 286. The van der Waals surface area contributed by atoms with Crippen LogP contribution in [0.5, 0.6) is 11.5 Å². The number of hydrogen-bond donors (Lipinski definition) is 0. The molecular weight excluding hydrogens is 223 g/mol. The standard InChI is InChI=1S/C10H12Cl2O2/c1-3-13-9-6-10(14-4-2)8(12)5-7(9)11/h5-6H,3-4H2,1-2H3. The monoisotopic (exact) mass is 234 g/mol. The van der Waals surface area contributed by atoms with E-state index in [1.54, 1.807) is 12.1 Å². The quantitative estimate of drug-likeness (QED) is 0.790. The summed E-state index contributed by atoms with van der Waals surface area (Å²) in [4.78, 5) is 0. The molecule has 2 nitrogen and oxygen atoms in total. The predicted octanol–water partition coefficient (Wildman–Crippen LogP) is 3.79. The van der Waals surface area contributed by atoms with Crippen molar-refractivity contribution in [2.75, 3.05) is 13.2 Å². The maximum atomic E-state index is 5.92. The van der Waals surface area contributed by atoms with Crippen LogP contribution in [0.25, 0.3) is 0 Å². The largest absolute Gasteiger partial charge is 0.492 e. The summed E-state index contributed by atoms with van der Waals surface area (Å²) >= 11 is 11.8. The highest BCUT2D eigenvalue weighted by Gasteiger charge is 2.08. The minimum atomic E-state index is 0.500. The fraction of sp³-hybridized carbons (Fsp3) is 0.400. The van der Waals surface area contributed by atoms with Gasteiger partial charge in [0.05, 0.1) is 23.3 Å². The third-order valence-corrected chi connectivity index (χ3v) is 2.18. The Labute approximate surface area is 93.7 Å². The molecule has 1 aromatic carbocycles. The Kier molecular flexibility index (Phi) is 4.36. The Morgan fingerprint density at radius 1 is 0.929 bits per heavy atom. The van der Waals surface area contributed by atoms with Crippen LogP contribution in [0.3, 0.4) is 0 Å². The van der Waals surface area contributed by atoms with Crippen LogP contribution in [0.1, 0.15) is 13.8 Å². The smallest absolute Gasteiger partial charge is 0.141 e. The van der Waals surface area contributed by atoms with Gasteiger partial charge in [-0.15, -0.1) is 0 Å². The molecule has 0 unspecified atom stereocenters. The fourth-order valence-corrected chi connectivity index (χ4v) is 1.53. The molecule has 0 aliphatic rings. The van der Waals surface area contributed by atoms with Crippen molar-refractivity contribution in [2.45, 2.75) is 13.8 Å². The highest BCUT2D eigenvalue weighted by Crippen LogP contribution is 2.35. The highest BCUT2D eigenvalue weighted by molar-refractivity contribution is 6.36. The highest BCUT2D eigenvalue weighted by atomic mass is 35.5. The lowest BCUT2D eigenvalue weighted by atomic mass is 10.3. The summed E-state index contributed by atoms with van der Waals surface area (Å²) < 4.78 is 10.6. The summed E-state index contributed by atoms with van der Waals surface area (Å²) in [5, 5.41) is 1.00. The van der Waals surface area contributed by atoms with Gasteiger partial charge in [0, 0.05) is 6.07 Å². The molecule has 0 N–H and O–H groups in total. The lowest BCUT2D eigenvalue weighted by Crippen LogP contribution is -1.96. The molecule has 0 bridgehead atoms. The summed E-state index contributed by atoms with van der Waals surface area (Å²) in [6.07, 6.45) is 0. The second-order valence-corrected chi connectivity index (χ2v) is 3.39. The third-order valence-electron chi connectivity index (χ3n) is 1.59. The van der Waals surface area contributed by atoms with Crippen LogP contribution >= 0.6 is 23.2 Å². The van der Waals surface area contributed by atoms with E-state index in [4.69, 9.17) is 32.7 Å².